The first-order chi connectivity index (χ1) is 7.22. The second kappa shape index (κ2) is 3.82. The van der Waals surface area contributed by atoms with Gasteiger partial charge in [-0.25, -0.2) is 9.97 Å². The molecule has 4 nitrogen and oxygen atoms in total. The number of nitrogen functional groups attached to an aromatic ring is 1. The number of rotatable bonds is 2. The number of aryl methyl sites for hydroxylation is 1. The van der Waals surface area contributed by atoms with E-state index in [1.807, 2.05) is 25.1 Å². The van der Waals surface area contributed by atoms with E-state index in [1.54, 1.807) is 7.11 Å². The molecule has 1 heterocycles. The second-order valence-electron chi connectivity index (χ2n) is 3.43. The summed E-state index contributed by atoms with van der Waals surface area (Å²) >= 11 is 0. The zero-order valence-corrected chi connectivity index (χ0v) is 8.82. The summed E-state index contributed by atoms with van der Waals surface area (Å²) < 4.78 is 4.98. The van der Waals surface area contributed by atoms with Gasteiger partial charge in [-0.3, -0.25) is 0 Å². The van der Waals surface area contributed by atoms with Gasteiger partial charge in [0.15, 0.2) is 5.82 Å². The van der Waals surface area contributed by atoms with Crippen LogP contribution in [0.1, 0.15) is 11.4 Å². The van der Waals surface area contributed by atoms with E-state index in [4.69, 9.17) is 10.5 Å². The third-order valence-electron chi connectivity index (χ3n) is 2.28. The first kappa shape index (κ1) is 9.86. The lowest BCUT2D eigenvalue weighted by Gasteiger charge is -2.06. The van der Waals surface area contributed by atoms with Crippen molar-refractivity contribution in [1.29, 1.82) is 0 Å². The molecule has 2 aromatic rings. The highest BCUT2D eigenvalue weighted by Gasteiger charge is 2.06. The number of hydrogen-bond acceptors (Lipinski definition) is 4. The number of nitrogens with zero attached hydrogens (tertiary/aromatic N) is 2. The van der Waals surface area contributed by atoms with Crippen LogP contribution >= 0.6 is 0 Å². The molecule has 0 aliphatic carbocycles. The van der Waals surface area contributed by atoms with Gasteiger partial charge in [0.2, 0.25) is 0 Å². The van der Waals surface area contributed by atoms with Crippen molar-refractivity contribution in [2.75, 3.05) is 12.8 Å². The number of hydrogen-bond donors (Lipinski definition) is 1. The van der Waals surface area contributed by atoms with Crippen molar-refractivity contribution in [2.45, 2.75) is 13.5 Å². The molecule has 0 saturated heterocycles. The standard InChI is InChI=1S/C11H13N3O/c1-7-4-3-5-8-10(7)11(12)14-9(13-8)6-15-2/h3-5H,6H2,1-2H3,(H2,12,13,14). The second-order valence-corrected chi connectivity index (χ2v) is 3.43. The molecule has 0 saturated carbocycles. The van der Waals surface area contributed by atoms with Crippen LogP contribution in [0, 0.1) is 6.92 Å². The van der Waals surface area contributed by atoms with Gasteiger partial charge >= 0.3 is 0 Å². The SMILES string of the molecule is COCc1nc(N)c2c(C)cccc2n1. The predicted octanol–water partition coefficient (Wildman–Crippen LogP) is 1.67. The van der Waals surface area contributed by atoms with Crippen LogP contribution in [0.2, 0.25) is 0 Å². The number of aromatic nitrogens is 2. The van der Waals surface area contributed by atoms with Gasteiger partial charge in [-0.15, -0.1) is 0 Å². The summed E-state index contributed by atoms with van der Waals surface area (Å²) in [4.78, 5) is 8.56. The highest BCUT2D eigenvalue weighted by atomic mass is 16.5. The zero-order chi connectivity index (χ0) is 10.8. The first-order valence-corrected chi connectivity index (χ1v) is 4.73. The number of methoxy groups -OCH3 is 1. The summed E-state index contributed by atoms with van der Waals surface area (Å²) in [5.74, 6) is 1.14. The number of benzene rings is 1. The maximum atomic E-state index is 5.88. The zero-order valence-electron chi connectivity index (χ0n) is 8.82. The van der Waals surface area contributed by atoms with Crippen molar-refractivity contribution < 1.29 is 4.74 Å². The van der Waals surface area contributed by atoms with Crippen LogP contribution in [-0.4, -0.2) is 17.1 Å². The molecular formula is C11H13N3O. The van der Waals surface area contributed by atoms with Crippen LogP contribution in [0.15, 0.2) is 18.2 Å². The minimum absolute atomic E-state index is 0.383. The molecule has 2 N–H and O–H groups in total. The van der Waals surface area contributed by atoms with Crippen molar-refractivity contribution in [2.24, 2.45) is 0 Å². The van der Waals surface area contributed by atoms with Crippen LogP contribution in [-0.2, 0) is 11.3 Å². The van der Waals surface area contributed by atoms with E-state index in [2.05, 4.69) is 9.97 Å². The summed E-state index contributed by atoms with van der Waals surface area (Å²) in [5.41, 5.74) is 7.84. The minimum atomic E-state index is 0.383. The first-order valence-electron chi connectivity index (χ1n) is 4.73. The van der Waals surface area contributed by atoms with Crippen molar-refractivity contribution in [3.63, 3.8) is 0 Å². The van der Waals surface area contributed by atoms with E-state index in [-0.39, 0.29) is 0 Å². The summed E-state index contributed by atoms with van der Waals surface area (Å²) in [6.45, 7) is 2.38. The lowest BCUT2D eigenvalue weighted by Crippen LogP contribution is -2.02. The van der Waals surface area contributed by atoms with E-state index < -0.39 is 0 Å². The molecule has 0 aliphatic rings. The molecule has 0 atom stereocenters. The molecule has 1 aromatic heterocycles. The number of anilines is 1. The molecule has 0 fully saturated rings. The molecule has 1 aromatic carbocycles. The summed E-state index contributed by atoms with van der Waals surface area (Å²) in [7, 11) is 1.61. The topological polar surface area (TPSA) is 61.0 Å². The van der Waals surface area contributed by atoms with Gasteiger partial charge in [0, 0.05) is 12.5 Å². The van der Waals surface area contributed by atoms with Gasteiger partial charge in [0.1, 0.15) is 12.4 Å². The highest BCUT2D eigenvalue weighted by molar-refractivity contribution is 5.90. The fourth-order valence-corrected chi connectivity index (χ4v) is 1.63. The smallest absolute Gasteiger partial charge is 0.157 e. The van der Waals surface area contributed by atoms with E-state index in [1.165, 1.54) is 0 Å². The Kier molecular flexibility index (Phi) is 2.51. The highest BCUT2D eigenvalue weighted by Crippen LogP contribution is 2.21. The quantitative estimate of drug-likeness (QED) is 0.806. The molecule has 0 unspecified atom stereocenters. The van der Waals surface area contributed by atoms with Crippen LogP contribution in [0.4, 0.5) is 5.82 Å². The largest absolute Gasteiger partial charge is 0.383 e. The van der Waals surface area contributed by atoms with Gasteiger partial charge in [-0.05, 0) is 18.6 Å². The monoisotopic (exact) mass is 203 g/mol. The summed E-state index contributed by atoms with van der Waals surface area (Å²) in [6.07, 6.45) is 0. The van der Waals surface area contributed by atoms with Crippen molar-refractivity contribution in [3.8, 4) is 0 Å². The minimum Gasteiger partial charge on any atom is -0.383 e. The van der Waals surface area contributed by atoms with E-state index >= 15 is 0 Å². The Morgan fingerprint density at radius 1 is 1.33 bits per heavy atom. The van der Waals surface area contributed by atoms with Crippen molar-refractivity contribution in [1.82, 2.24) is 9.97 Å². The maximum Gasteiger partial charge on any atom is 0.157 e. The lowest BCUT2D eigenvalue weighted by atomic mass is 10.1. The maximum absolute atomic E-state index is 5.88. The number of ether oxygens (including phenoxy) is 1. The Hall–Kier alpha value is -1.68. The average Bonchev–Trinajstić information content (AvgIpc) is 2.17. The Bertz CT molecular complexity index is 496. The molecule has 0 aliphatic heterocycles. The molecule has 0 spiro atoms. The molecule has 0 radical (unpaired) electrons. The van der Waals surface area contributed by atoms with Crippen LogP contribution in [0.3, 0.4) is 0 Å². The third-order valence-corrected chi connectivity index (χ3v) is 2.28. The van der Waals surface area contributed by atoms with Crippen LogP contribution in [0.25, 0.3) is 10.9 Å². The Balaban J connectivity index is 2.67. The fourth-order valence-electron chi connectivity index (χ4n) is 1.63. The van der Waals surface area contributed by atoms with Crippen LogP contribution in [0.5, 0.6) is 0 Å². The molecule has 78 valence electrons. The average molecular weight is 203 g/mol. The number of nitrogens with two attached hydrogens (primary N) is 1. The Labute approximate surface area is 88.1 Å². The van der Waals surface area contributed by atoms with E-state index in [9.17, 15) is 0 Å². The number of fused-ring (bicyclic) bond motifs is 1. The predicted molar refractivity (Wildman–Crippen MR) is 59.4 cm³/mol. The molecule has 4 heteroatoms. The Morgan fingerprint density at radius 2 is 2.13 bits per heavy atom. The molecular weight excluding hydrogens is 190 g/mol. The lowest BCUT2D eigenvalue weighted by molar-refractivity contribution is 0.178. The molecule has 0 bridgehead atoms. The van der Waals surface area contributed by atoms with Crippen molar-refractivity contribution >= 4 is 16.7 Å². The Morgan fingerprint density at radius 3 is 2.87 bits per heavy atom. The van der Waals surface area contributed by atoms with E-state index in [0.717, 1.165) is 16.5 Å². The van der Waals surface area contributed by atoms with Gasteiger partial charge in [0.25, 0.3) is 0 Å². The van der Waals surface area contributed by atoms with Crippen LogP contribution < -0.4 is 5.73 Å². The normalized spacial score (nSPS) is 10.8. The fraction of sp³-hybridized carbons (Fsp3) is 0.273. The summed E-state index contributed by atoms with van der Waals surface area (Å²) in [6, 6.07) is 5.89. The third kappa shape index (κ3) is 1.76. The van der Waals surface area contributed by atoms with Crippen molar-refractivity contribution in [3.05, 3.63) is 29.6 Å². The molecule has 0 amide bonds. The molecule has 15 heavy (non-hydrogen) atoms. The van der Waals surface area contributed by atoms with Gasteiger partial charge in [0.05, 0.1) is 5.52 Å². The van der Waals surface area contributed by atoms with Gasteiger partial charge in [-0.2, -0.15) is 0 Å². The van der Waals surface area contributed by atoms with Gasteiger partial charge in [-0.1, -0.05) is 12.1 Å². The van der Waals surface area contributed by atoms with Gasteiger partial charge < -0.3 is 10.5 Å². The molecule has 2 rings (SSSR count). The summed E-state index contributed by atoms with van der Waals surface area (Å²) in [5, 5.41) is 0.928. The van der Waals surface area contributed by atoms with E-state index in [0.29, 0.717) is 18.2 Å².